The van der Waals surface area contributed by atoms with E-state index >= 15 is 0 Å². The fraction of sp³-hybridized carbons (Fsp3) is 0.400. The van der Waals surface area contributed by atoms with Crippen LogP contribution in [-0.2, 0) is 11.3 Å². The molecule has 1 aromatic heterocycles. The van der Waals surface area contributed by atoms with Crippen molar-refractivity contribution in [3.8, 4) is 5.75 Å². The number of nitrogens with zero attached hydrogens (tertiary/aromatic N) is 2. The normalized spacial score (nSPS) is 15.3. The van der Waals surface area contributed by atoms with Gasteiger partial charge in [0.05, 0.1) is 11.0 Å². The van der Waals surface area contributed by atoms with E-state index in [2.05, 4.69) is 31.4 Å². The molecule has 1 fully saturated rings. The van der Waals surface area contributed by atoms with Crippen LogP contribution in [0.25, 0.3) is 0 Å². The molecule has 1 atom stereocenters. The summed E-state index contributed by atoms with van der Waals surface area (Å²) in [6.45, 7) is 1.76. The van der Waals surface area contributed by atoms with Gasteiger partial charge >= 0.3 is 0 Å². The van der Waals surface area contributed by atoms with Crippen LogP contribution in [-0.4, -0.2) is 22.2 Å². The summed E-state index contributed by atoms with van der Waals surface area (Å²) < 4.78 is 24.1. The van der Waals surface area contributed by atoms with Gasteiger partial charge in [0.15, 0.2) is 11.9 Å². The van der Waals surface area contributed by atoms with Crippen molar-refractivity contribution >= 4 is 21.8 Å². The summed E-state index contributed by atoms with van der Waals surface area (Å²) >= 11 is 3.19. The quantitative estimate of drug-likeness (QED) is 0.829. The van der Waals surface area contributed by atoms with Gasteiger partial charge in [0, 0.05) is 5.92 Å². The molecule has 0 saturated heterocycles. The van der Waals surface area contributed by atoms with E-state index < -0.39 is 6.10 Å². The molecule has 0 spiro atoms. The Kier molecular flexibility index (Phi) is 4.61. The summed E-state index contributed by atoms with van der Waals surface area (Å²) in [5.74, 6) is 1.16. The number of hydrogen-bond donors (Lipinski definition) is 1. The maximum atomic E-state index is 13.0. The number of benzene rings is 1. The van der Waals surface area contributed by atoms with E-state index in [1.165, 1.54) is 18.2 Å². The van der Waals surface area contributed by atoms with Crippen molar-refractivity contribution in [2.75, 3.05) is 0 Å². The van der Waals surface area contributed by atoms with Crippen molar-refractivity contribution in [3.05, 3.63) is 40.2 Å². The van der Waals surface area contributed by atoms with Gasteiger partial charge in [-0.25, -0.2) is 4.39 Å². The second-order valence-corrected chi connectivity index (χ2v) is 6.23. The average molecular weight is 384 g/mol. The first-order valence-corrected chi connectivity index (χ1v) is 8.04. The fourth-order valence-corrected chi connectivity index (χ4v) is 2.41. The van der Waals surface area contributed by atoms with Crippen molar-refractivity contribution in [3.63, 3.8) is 0 Å². The van der Waals surface area contributed by atoms with Gasteiger partial charge in [-0.05, 0) is 53.9 Å². The van der Waals surface area contributed by atoms with E-state index in [9.17, 15) is 9.18 Å². The van der Waals surface area contributed by atoms with Crippen molar-refractivity contribution in [2.24, 2.45) is 0 Å². The van der Waals surface area contributed by atoms with Crippen molar-refractivity contribution in [2.45, 2.75) is 38.3 Å². The maximum absolute atomic E-state index is 13.0. The largest absolute Gasteiger partial charge is 0.480 e. The number of rotatable bonds is 6. The van der Waals surface area contributed by atoms with E-state index in [0.717, 1.165) is 12.8 Å². The van der Waals surface area contributed by atoms with Gasteiger partial charge in [0.25, 0.3) is 5.91 Å². The molecular weight excluding hydrogens is 369 g/mol. The molecule has 1 aliphatic rings. The number of halogens is 2. The van der Waals surface area contributed by atoms with Crippen molar-refractivity contribution < 1.29 is 18.4 Å². The topological polar surface area (TPSA) is 77.2 Å². The monoisotopic (exact) mass is 383 g/mol. The van der Waals surface area contributed by atoms with Crippen LogP contribution in [0.15, 0.2) is 27.2 Å². The van der Waals surface area contributed by atoms with E-state index in [4.69, 9.17) is 9.26 Å². The molecule has 1 aliphatic carbocycles. The molecule has 3 rings (SSSR count). The van der Waals surface area contributed by atoms with Crippen LogP contribution in [0, 0.1) is 5.82 Å². The Bertz CT molecular complexity index is 718. The number of hydrogen-bond acceptors (Lipinski definition) is 5. The molecule has 8 heteroatoms. The molecule has 1 N–H and O–H groups in total. The summed E-state index contributed by atoms with van der Waals surface area (Å²) in [6, 6.07) is 4.00. The van der Waals surface area contributed by atoms with Crippen LogP contribution in [0.1, 0.15) is 37.4 Å². The van der Waals surface area contributed by atoms with Gasteiger partial charge in [-0.15, -0.1) is 0 Å². The molecule has 0 radical (unpaired) electrons. The highest BCUT2D eigenvalue weighted by atomic mass is 79.9. The Hall–Kier alpha value is -1.96. The summed E-state index contributed by atoms with van der Waals surface area (Å²) in [5.41, 5.74) is 0. The number of nitrogens with one attached hydrogen (secondary N) is 1. The maximum Gasteiger partial charge on any atom is 0.261 e. The van der Waals surface area contributed by atoms with Gasteiger partial charge in [0.2, 0.25) is 5.89 Å². The molecule has 2 aromatic rings. The molecule has 0 aliphatic heterocycles. The highest BCUT2D eigenvalue weighted by Gasteiger charge is 2.28. The Morgan fingerprint density at radius 1 is 1.57 bits per heavy atom. The number of carbonyl (C=O) groups excluding carboxylic acids is 1. The molecule has 1 aromatic carbocycles. The van der Waals surface area contributed by atoms with Gasteiger partial charge in [-0.2, -0.15) is 4.98 Å². The van der Waals surface area contributed by atoms with Gasteiger partial charge in [-0.3, -0.25) is 4.79 Å². The molecule has 0 bridgehead atoms. The van der Waals surface area contributed by atoms with E-state index in [1.54, 1.807) is 6.92 Å². The highest BCUT2D eigenvalue weighted by molar-refractivity contribution is 9.10. The average Bonchev–Trinajstić information content (AvgIpc) is 3.26. The van der Waals surface area contributed by atoms with E-state index in [1.807, 2.05) is 0 Å². The fourth-order valence-electron chi connectivity index (χ4n) is 1.97. The van der Waals surface area contributed by atoms with Crippen LogP contribution < -0.4 is 10.1 Å². The summed E-state index contributed by atoms with van der Waals surface area (Å²) in [4.78, 5) is 16.3. The molecule has 6 nitrogen and oxygen atoms in total. The Morgan fingerprint density at radius 3 is 3.04 bits per heavy atom. The lowest BCUT2D eigenvalue weighted by atomic mass is 10.3. The zero-order valence-electron chi connectivity index (χ0n) is 12.4. The minimum Gasteiger partial charge on any atom is -0.480 e. The second-order valence-electron chi connectivity index (χ2n) is 5.37. The molecule has 1 unspecified atom stereocenters. The third-order valence-electron chi connectivity index (χ3n) is 3.41. The second kappa shape index (κ2) is 6.66. The SMILES string of the molecule is CC(Oc1ccc(F)cc1Br)C(=O)NCc1nc(C2CC2)no1. The molecule has 23 heavy (non-hydrogen) atoms. The van der Waals surface area contributed by atoms with Crippen LogP contribution in [0.2, 0.25) is 0 Å². The van der Waals surface area contributed by atoms with Gasteiger partial charge < -0.3 is 14.6 Å². The van der Waals surface area contributed by atoms with Crippen molar-refractivity contribution in [1.29, 1.82) is 0 Å². The van der Waals surface area contributed by atoms with Crippen LogP contribution >= 0.6 is 15.9 Å². The lowest BCUT2D eigenvalue weighted by Crippen LogP contribution is -2.36. The standard InChI is InChI=1S/C15H15BrFN3O3/c1-8(22-12-5-4-10(17)6-11(12)16)15(21)18-7-13-19-14(20-23-13)9-2-3-9/h4-6,8-9H,2-3,7H2,1H3,(H,18,21). The predicted octanol–water partition coefficient (Wildman–Crippen LogP) is 2.93. The molecule has 1 saturated carbocycles. The smallest absolute Gasteiger partial charge is 0.261 e. The Morgan fingerprint density at radius 2 is 2.35 bits per heavy atom. The lowest BCUT2D eigenvalue weighted by Gasteiger charge is -2.15. The summed E-state index contributed by atoms with van der Waals surface area (Å²) in [5, 5.41) is 6.55. The predicted molar refractivity (Wildman–Crippen MR) is 82.3 cm³/mol. The summed E-state index contributed by atoms with van der Waals surface area (Å²) in [7, 11) is 0. The van der Waals surface area contributed by atoms with Crippen LogP contribution in [0.3, 0.4) is 0 Å². The minimum absolute atomic E-state index is 0.150. The third-order valence-corrected chi connectivity index (χ3v) is 4.03. The third kappa shape index (κ3) is 4.07. The van der Waals surface area contributed by atoms with Gasteiger partial charge in [0.1, 0.15) is 11.6 Å². The van der Waals surface area contributed by atoms with Crippen molar-refractivity contribution in [1.82, 2.24) is 15.5 Å². The van der Waals surface area contributed by atoms with Crippen LogP contribution in [0.5, 0.6) is 5.75 Å². The Balaban J connectivity index is 1.52. The lowest BCUT2D eigenvalue weighted by molar-refractivity contribution is -0.127. The number of amides is 1. The molecule has 1 amide bonds. The molecule has 122 valence electrons. The first-order chi connectivity index (χ1) is 11.0. The van der Waals surface area contributed by atoms with Crippen LogP contribution in [0.4, 0.5) is 4.39 Å². The first-order valence-electron chi connectivity index (χ1n) is 7.25. The molecule has 1 heterocycles. The van der Waals surface area contributed by atoms with Gasteiger partial charge in [-0.1, -0.05) is 5.16 Å². The molecular formula is C15H15BrFN3O3. The minimum atomic E-state index is -0.748. The number of ether oxygens (including phenoxy) is 1. The summed E-state index contributed by atoms with van der Waals surface area (Å²) in [6.07, 6.45) is 1.42. The Labute approximate surface area is 140 Å². The zero-order valence-corrected chi connectivity index (χ0v) is 14.0. The number of aromatic nitrogens is 2. The highest BCUT2D eigenvalue weighted by Crippen LogP contribution is 2.38. The van der Waals surface area contributed by atoms with E-state index in [-0.39, 0.29) is 18.3 Å². The zero-order chi connectivity index (χ0) is 16.4. The number of carbonyl (C=O) groups is 1. The van der Waals surface area contributed by atoms with E-state index in [0.29, 0.717) is 27.9 Å². The first kappa shape index (κ1) is 15.9.